The molecule has 0 saturated carbocycles. The summed E-state index contributed by atoms with van der Waals surface area (Å²) in [6.45, 7) is 7.29. The number of likely N-dealkylation sites (tertiary alicyclic amines) is 2. The molecule has 2 atom stereocenters. The molecule has 1 aromatic rings. The highest BCUT2D eigenvalue weighted by Gasteiger charge is 2.39. The molecule has 25 heavy (non-hydrogen) atoms. The van der Waals surface area contributed by atoms with Gasteiger partial charge in [0.25, 0.3) is 5.91 Å². The second-order valence-electron chi connectivity index (χ2n) is 7.66. The Morgan fingerprint density at radius 3 is 2.36 bits per heavy atom. The maximum Gasteiger partial charge on any atom is 0.254 e. The molecule has 2 fully saturated rings. The van der Waals surface area contributed by atoms with Crippen LogP contribution in [0.2, 0.25) is 0 Å². The summed E-state index contributed by atoms with van der Waals surface area (Å²) in [5, 5.41) is 0. The van der Waals surface area contributed by atoms with E-state index < -0.39 is 0 Å². The molecule has 0 bridgehead atoms. The maximum atomic E-state index is 12.7. The molecule has 0 aromatic heterocycles. The maximum absolute atomic E-state index is 12.7. The van der Waals surface area contributed by atoms with Gasteiger partial charge in [-0.25, -0.2) is 0 Å². The summed E-state index contributed by atoms with van der Waals surface area (Å²) in [6.07, 6.45) is 1.18. The largest absolute Gasteiger partial charge is 0.454 e. The lowest BCUT2D eigenvalue weighted by Crippen LogP contribution is -2.58. The number of ether oxygens (including phenoxy) is 2. The van der Waals surface area contributed by atoms with Gasteiger partial charge in [-0.15, -0.1) is 0 Å². The fourth-order valence-corrected chi connectivity index (χ4v) is 4.11. The molecule has 0 N–H and O–H groups in total. The topological polar surface area (TPSA) is 59.1 Å². The third-order valence-corrected chi connectivity index (χ3v) is 5.32. The second kappa shape index (κ2) is 6.24. The third-order valence-electron chi connectivity index (χ3n) is 5.32. The fourth-order valence-electron chi connectivity index (χ4n) is 4.11. The van der Waals surface area contributed by atoms with E-state index in [2.05, 4.69) is 13.8 Å². The minimum atomic E-state index is -0.0598. The summed E-state index contributed by atoms with van der Waals surface area (Å²) in [5.41, 5.74) is 0.579. The van der Waals surface area contributed by atoms with Gasteiger partial charge in [0, 0.05) is 31.7 Å². The van der Waals surface area contributed by atoms with Crippen LogP contribution in [-0.2, 0) is 4.79 Å². The summed E-state index contributed by atoms with van der Waals surface area (Å²) in [6, 6.07) is 5.22. The van der Waals surface area contributed by atoms with E-state index in [9.17, 15) is 9.59 Å². The van der Waals surface area contributed by atoms with Crippen molar-refractivity contribution < 1.29 is 19.1 Å². The van der Waals surface area contributed by atoms with Crippen LogP contribution >= 0.6 is 0 Å². The number of hydrogen-bond acceptors (Lipinski definition) is 4. The lowest BCUT2D eigenvalue weighted by atomic mass is 9.89. The lowest BCUT2D eigenvalue weighted by molar-refractivity contribution is -0.142. The van der Waals surface area contributed by atoms with Crippen molar-refractivity contribution in [1.29, 1.82) is 0 Å². The van der Waals surface area contributed by atoms with Crippen LogP contribution in [0.5, 0.6) is 11.5 Å². The van der Waals surface area contributed by atoms with Crippen molar-refractivity contribution in [3.8, 4) is 11.5 Å². The normalized spacial score (nSPS) is 25.7. The molecule has 3 aliphatic rings. The van der Waals surface area contributed by atoms with Gasteiger partial charge >= 0.3 is 0 Å². The van der Waals surface area contributed by atoms with Crippen molar-refractivity contribution in [3.63, 3.8) is 0 Å². The number of fused-ring (bicyclic) bond motifs is 1. The molecule has 3 aliphatic heterocycles. The van der Waals surface area contributed by atoms with Gasteiger partial charge in [0.15, 0.2) is 11.5 Å². The zero-order valence-electron chi connectivity index (χ0n) is 14.7. The Labute approximate surface area is 147 Å². The number of amides is 2. The predicted molar refractivity (Wildman–Crippen MR) is 91.5 cm³/mol. The summed E-state index contributed by atoms with van der Waals surface area (Å²) >= 11 is 0. The van der Waals surface area contributed by atoms with Crippen LogP contribution in [0.25, 0.3) is 0 Å². The highest BCUT2D eigenvalue weighted by atomic mass is 16.7. The predicted octanol–water partition coefficient (Wildman–Crippen LogP) is 1.99. The highest BCUT2D eigenvalue weighted by molar-refractivity contribution is 5.96. The number of hydrogen-bond donors (Lipinski definition) is 0. The molecule has 134 valence electrons. The van der Waals surface area contributed by atoms with Gasteiger partial charge in [-0.3, -0.25) is 9.59 Å². The van der Waals surface area contributed by atoms with Crippen LogP contribution in [0.15, 0.2) is 18.2 Å². The van der Waals surface area contributed by atoms with Crippen molar-refractivity contribution in [2.24, 2.45) is 17.8 Å². The Morgan fingerprint density at radius 1 is 0.960 bits per heavy atom. The summed E-state index contributed by atoms with van der Waals surface area (Å²) in [7, 11) is 0. The Kier molecular flexibility index (Phi) is 4.06. The quantitative estimate of drug-likeness (QED) is 0.823. The average molecular weight is 344 g/mol. The molecule has 0 spiro atoms. The van der Waals surface area contributed by atoms with Gasteiger partial charge in [0.05, 0.1) is 5.92 Å². The first-order chi connectivity index (χ1) is 12.0. The lowest BCUT2D eigenvalue weighted by Gasteiger charge is -2.43. The van der Waals surface area contributed by atoms with Crippen LogP contribution in [0.1, 0.15) is 30.6 Å². The minimum absolute atomic E-state index is 0.0530. The first-order valence-corrected chi connectivity index (χ1v) is 8.99. The van der Waals surface area contributed by atoms with E-state index in [0.717, 1.165) is 13.1 Å². The second-order valence-corrected chi connectivity index (χ2v) is 7.66. The zero-order valence-corrected chi connectivity index (χ0v) is 14.7. The van der Waals surface area contributed by atoms with Crippen LogP contribution in [0, 0.1) is 17.8 Å². The number of carbonyl (C=O) groups is 2. The summed E-state index contributed by atoms with van der Waals surface area (Å²) < 4.78 is 10.6. The third kappa shape index (κ3) is 3.05. The molecule has 2 unspecified atom stereocenters. The Morgan fingerprint density at radius 2 is 1.64 bits per heavy atom. The molecule has 6 nitrogen and oxygen atoms in total. The monoisotopic (exact) mass is 344 g/mol. The van der Waals surface area contributed by atoms with Crippen molar-refractivity contribution in [2.45, 2.75) is 20.3 Å². The number of rotatable bonds is 2. The zero-order chi connectivity index (χ0) is 17.6. The van der Waals surface area contributed by atoms with Crippen LogP contribution in [0.3, 0.4) is 0 Å². The first-order valence-electron chi connectivity index (χ1n) is 8.99. The van der Waals surface area contributed by atoms with Gasteiger partial charge in [-0.2, -0.15) is 0 Å². The van der Waals surface area contributed by atoms with E-state index in [0.29, 0.717) is 42.0 Å². The van der Waals surface area contributed by atoms with E-state index >= 15 is 0 Å². The Bertz CT molecular complexity index is 689. The van der Waals surface area contributed by atoms with E-state index in [1.165, 1.54) is 6.42 Å². The van der Waals surface area contributed by atoms with Crippen LogP contribution < -0.4 is 9.47 Å². The number of piperidine rings is 1. The molecule has 0 radical (unpaired) electrons. The number of nitrogens with zero attached hydrogens (tertiary/aromatic N) is 2. The molecule has 3 heterocycles. The van der Waals surface area contributed by atoms with Gasteiger partial charge in [-0.05, 0) is 36.5 Å². The van der Waals surface area contributed by atoms with Crippen LogP contribution in [0.4, 0.5) is 0 Å². The Balaban J connectivity index is 1.35. The van der Waals surface area contributed by atoms with Crippen molar-refractivity contribution in [2.75, 3.05) is 33.0 Å². The SMILES string of the molecule is CC1CC(C)CN(C(=O)C2CN(C(=O)c3ccc4c(c3)OCO4)C2)C1. The average Bonchev–Trinajstić information content (AvgIpc) is 2.99. The molecule has 4 rings (SSSR count). The van der Waals surface area contributed by atoms with Crippen molar-refractivity contribution in [3.05, 3.63) is 23.8 Å². The van der Waals surface area contributed by atoms with E-state index in [4.69, 9.17) is 9.47 Å². The van der Waals surface area contributed by atoms with Gasteiger partial charge in [0.1, 0.15) is 0 Å². The molecule has 0 aliphatic carbocycles. The smallest absolute Gasteiger partial charge is 0.254 e. The molecule has 6 heteroatoms. The summed E-state index contributed by atoms with van der Waals surface area (Å²) in [5.74, 6) is 2.47. The molecule has 2 saturated heterocycles. The highest BCUT2D eigenvalue weighted by Crippen LogP contribution is 2.33. The molecular formula is C19H24N2O4. The first kappa shape index (κ1) is 16.2. The van der Waals surface area contributed by atoms with Crippen molar-refractivity contribution in [1.82, 2.24) is 9.80 Å². The molecular weight excluding hydrogens is 320 g/mol. The fraction of sp³-hybridized carbons (Fsp3) is 0.579. The number of benzene rings is 1. The molecule has 1 aromatic carbocycles. The van der Waals surface area contributed by atoms with E-state index in [-0.39, 0.29) is 24.5 Å². The Hall–Kier alpha value is -2.24. The standard InChI is InChI=1S/C19H24N2O4/c1-12-5-13(2)8-20(7-12)19(23)15-9-21(10-15)18(22)14-3-4-16-17(6-14)25-11-24-16/h3-4,6,12-13,15H,5,7-11H2,1-2H3. The molecule has 2 amide bonds. The van der Waals surface area contributed by atoms with Gasteiger partial charge in [-0.1, -0.05) is 13.8 Å². The van der Waals surface area contributed by atoms with E-state index in [1.807, 2.05) is 4.90 Å². The van der Waals surface area contributed by atoms with Crippen LogP contribution in [-0.4, -0.2) is 54.6 Å². The minimum Gasteiger partial charge on any atom is -0.454 e. The summed E-state index contributed by atoms with van der Waals surface area (Å²) in [4.78, 5) is 29.0. The van der Waals surface area contributed by atoms with E-state index in [1.54, 1.807) is 23.1 Å². The van der Waals surface area contributed by atoms with Crippen molar-refractivity contribution >= 4 is 11.8 Å². The number of carbonyl (C=O) groups excluding carboxylic acids is 2. The van der Waals surface area contributed by atoms with Gasteiger partial charge in [0.2, 0.25) is 12.7 Å². The van der Waals surface area contributed by atoms with Gasteiger partial charge < -0.3 is 19.3 Å².